The molecule has 1 rings (SSSR count). The van der Waals surface area contributed by atoms with E-state index in [9.17, 15) is 9.59 Å². The highest BCUT2D eigenvalue weighted by Crippen LogP contribution is 2.19. The van der Waals surface area contributed by atoms with Crippen molar-refractivity contribution in [3.05, 3.63) is 41.0 Å². The number of aliphatic carboxylic acids is 1. The van der Waals surface area contributed by atoms with E-state index < -0.39 is 5.97 Å². The lowest BCUT2D eigenvalue weighted by Crippen LogP contribution is -2.41. The topological polar surface area (TPSA) is 66.4 Å². The summed E-state index contributed by atoms with van der Waals surface area (Å²) in [5.41, 5.74) is 2.23. The average molecular weight is 289 g/mol. The molecule has 4 nitrogen and oxygen atoms in total. The lowest BCUT2D eigenvalue weighted by Gasteiger charge is -2.28. The van der Waals surface area contributed by atoms with E-state index in [1.807, 2.05) is 13.8 Å². The van der Waals surface area contributed by atoms with E-state index in [1.54, 1.807) is 18.2 Å². The molecule has 0 radical (unpaired) electrons. The first-order valence-electron chi connectivity index (χ1n) is 6.94. The Morgan fingerprint density at radius 3 is 2.38 bits per heavy atom. The molecule has 2 N–H and O–H groups in total. The molecular weight excluding hydrogens is 266 g/mol. The molecule has 0 spiro atoms. The number of carboxylic acid groups (broad SMARTS) is 1. The normalized spacial score (nSPS) is 13.2. The van der Waals surface area contributed by atoms with Gasteiger partial charge in [-0.15, -0.1) is 0 Å². The van der Waals surface area contributed by atoms with Crippen molar-refractivity contribution in [2.75, 3.05) is 0 Å². The van der Waals surface area contributed by atoms with Crippen LogP contribution in [-0.4, -0.2) is 23.0 Å². The number of benzene rings is 1. The number of hydrogen-bond acceptors (Lipinski definition) is 2. The van der Waals surface area contributed by atoms with Crippen molar-refractivity contribution in [3.63, 3.8) is 0 Å². The standard InChI is InChI=1S/C17H23NO3/c1-11-10-14(7-6-13(11)8-9-15(19)20)16(21)18-12(2)17(3,4)5/h6-10,12H,1-5H3,(H,18,21)(H,19,20)/b9-8+. The maximum Gasteiger partial charge on any atom is 0.328 e. The van der Waals surface area contributed by atoms with Gasteiger partial charge in [0.15, 0.2) is 0 Å². The first-order valence-corrected chi connectivity index (χ1v) is 6.94. The van der Waals surface area contributed by atoms with E-state index in [4.69, 9.17) is 5.11 Å². The largest absolute Gasteiger partial charge is 0.478 e. The number of hydrogen-bond donors (Lipinski definition) is 2. The maximum absolute atomic E-state index is 12.2. The first-order chi connectivity index (χ1) is 9.61. The number of carboxylic acids is 1. The summed E-state index contributed by atoms with van der Waals surface area (Å²) >= 11 is 0. The lowest BCUT2D eigenvalue weighted by molar-refractivity contribution is -0.131. The molecule has 1 amide bonds. The van der Waals surface area contributed by atoms with Gasteiger partial charge in [0.2, 0.25) is 0 Å². The van der Waals surface area contributed by atoms with Crippen LogP contribution in [0, 0.1) is 12.3 Å². The summed E-state index contributed by atoms with van der Waals surface area (Å²) in [4.78, 5) is 22.7. The monoisotopic (exact) mass is 289 g/mol. The predicted octanol–water partition coefficient (Wildman–Crippen LogP) is 3.26. The fourth-order valence-corrected chi connectivity index (χ4v) is 1.66. The number of carbonyl (C=O) groups excluding carboxylic acids is 1. The predicted molar refractivity (Wildman–Crippen MR) is 84.2 cm³/mol. The molecule has 0 fully saturated rings. The summed E-state index contributed by atoms with van der Waals surface area (Å²) in [5.74, 6) is -1.11. The van der Waals surface area contributed by atoms with Crippen LogP contribution in [0.2, 0.25) is 0 Å². The van der Waals surface area contributed by atoms with E-state index in [1.165, 1.54) is 6.08 Å². The Hall–Kier alpha value is -2.10. The van der Waals surface area contributed by atoms with Crippen LogP contribution >= 0.6 is 0 Å². The van der Waals surface area contributed by atoms with Crippen molar-refractivity contribution in [3.8, 4) is 0 Å². The highest BCUT2D eigenvalue weighted by atomic mass is 16.4. The second-order valence-electron chi connectivity index (χ2n) is 6.30. The molecular formula is C17H23NO3. The van der Waals surface area contributed by atoms with Crippen LogP contribution in [0.25, 0.3) is 6.08 Å². The van der Waals surface area contributed by atoms with Gasteiger partial charge < -0.3 is 10.4 Å². The molecule has 1 aromatic rings. The van der Waals surface area contributed by atoms with Gasteiger partial charge in [0.25, 0.3) is 5.91 Å². The van der Waals surface area contributed by atoms with Crippen molar-refractivity contribution in [1.82, 2.24) is 5.32 Å². The van der Waals surface area contributed by atoms with Gasteiger partial charge >= 0.3 is 5.97 Å². The second kappa shape index (κ2) is 6.57. The minimum atomic E-state index is -0.991. The van der Waals surface area contributed by atoms with Crippen LogP contribution in [0.4, 0.5) is 0 Å². The first kappa shape index (κ1) is 17.0. The van der Waals surface area contributed by atoms with Gasteiger partial charge in [-0.2, -0.15) is 0 Å². The zero-order valence-electron chi connectivity index (χ0n) is 13.2. The Labute approximate surface area is 125 Å². The van der Waals surface area contributed by atoms with Gasteiger partial charge in [-0.1, -0.05) is 26.8 Å². The summed E-state index contributed by atoms with van der Waals surface area (Å²) in [6.07, 6.45) is 2.61. The van der Waals surface area contributed by atoms with Crippen LogP contribution < -0.4 is 5.32 Å². The minimum absolute atomic E-state index is 0.00509. The molecule has 1 unspecified atom stereocenters. The summed E-state index contributed by atoms with van der Waals surface area (Å²) < 4.78 is 0. The third-order valence-electron chi connectivity index (χ3n) is 3.58. The van der Waals surface area contributed by atoms with Crippen LogP contribution in [0.3, 0.4) is 0 Å². The maximum atomic E-state index is 12.2. The molecule has 114 valence electrons. The van der Waals surface area contributed by atoms with Gasteiger partial charge in [-0.05, 0) is 48.6 Å². The van der Waals surface area contributed by atoms with Gasteiger partial charge in [0.1, 0.15) is 0 Å². The molecule has 0 saturated carbocycles. The SMILES string of the molecule is Cc1cc(C(=O)NC(C)C(C)(C)C)ccc1/C=C/C(=O)O. The number of amides is 1. The van der Waals surface area contributed by atoms with Gasteiger partial charge in [-0.25, -0.2) is 4.79 Å². The molecule has 1 aromatic carbocycles. The molecule has 0 saturated heterocycles. The highest BCUT2D eigenvalue weighted by molar-refractivity contribution is 5.95. The summed E-state index contributed by atoms with van der Waals surface area (Å²) in [6.45, 7) is 10.1. The number of rotatable bonds is 4. The van der Waals surface area contributed by atoms with Crippen molar-refractivity contribution in [2.24, 2.45) is 5.41 Å². The van der Waals surface area contributed by atoms with Crippen LogP contribution in [0.5, 0.6) is 0 Å². The van der Waals surface area contributed by atoms with E-state index in [-0.39, 0.29) is 17.4 Å². The van der Waals surface area contributed by atoms with Crippen molar-refractivity contribution in [2.45, 2.75) is 40.7 Å². The Morgan fingerprint density at radius 1 is 1.29 bits per heavy atom. The van der Waals surface area contributed by atoms with E-state index >= 15 is 0 Å². The van der Waals surface area contributed by atoms with E-state index in [2.05, 4.69) is 26.1 Å². The van der Waals surface area contributed by atoms with Gasteiger partial charge in [0.05, 0.1) is 0 Å². The fraction of sp³-hybridized carbons (Fsp3) is 0.412. The molecule has 0 aromatic heterocycles. The zero-order chi connectivity index (χ0) is 16.2. The van der Waals surface area contributed by atoms with Crippen molar-refractivity contribution >= 4 is 18.0 Å². The van der Waals surface area contributed by atoms with Crippen LogP contribution in [0.15, 0.2) is 24.3 Å². The number of carbonyl (C=O) groups is 2. The Balaban J connectivity index is 2.89. The molecule has 4 heteroatoms. The van der Waals surface area contributed by atoms with E-state index in [0.717, 1.165) is 17.2 Å². The average Bonchev–Trinajstić information content (AvgIpc) is 2.35. The zero-order valence-corrected chi connectivity index (χ0v) is 13.2. The third-order valence-corrected chi connectivity index (χ3v) is 3.58. The molecule has 1 atom stereocenters. The highest BCUT2D eigenvalue weighted by Gasteiger charge is 2.22. The number of aryl methyl sites for hydroxylation is 1. The van der Waals surface area contributed by atoms with Gasteiger partial charge in [-0.3, -0.25) is 4.79 Å². The minimum Gasteiger partial charge on any atom is -0.478 e. The second-order valence-corrected chi connectivity index (χ2v) is 6.30. The Morgan fingerprint density at radius 2 is 1.90 bits per heavy atom. The molecule has 0 aliphatic heterocycles. The number of nitrogens with one attached hydrogen (secondary N) is 1. The molecule has 0 heterocycles. The lowest BCUT2D eigenvalue weighted by atomic mass is 9.88. The summed E-state index contributed by atoms with van der Waals surface area (Å²) in [6, 6.07) is 5.29. The Bertz CT molecular complexity index is 568. The Kier molecular flexibility index (Phi) is 5.30. The van der Waals surface area contributed by atoms with Crippen LogP contribution in [0.1, 0.15) is 49.2 Å². The molecule has 0 bridgehead atoms. The summed E-state index contributed by atoms with van der Waals surface area (Å²) in [5, 5.41) is 11.6. The third kappa shape index (κ3) is 5.06. The molecule has 0 aliphatic carbocycles. The quantitative estimate of drug-likeness (QED) is 0.836. The van der Waals surface area contributed by atoms with Crippen molar-refractivity contribution in [1.29, 1.82) is 0 Å². The van der Waals surface area contributed by atoms with E-state index in [0.29, 0.717) is 5.56 Å². The van der Waals surface area contributed by atoms with Gasteiger partial charge in [0, 0.05) is 17.7 Å². The van der Waals surface area contributed by atoms with Crippen LogP contribution in [-0.2, 0) is 4.79 Å². The molecule has 0 aliphatic rings. The smallest absolute Gasteiger partial charge is 0.328 e. The summed E-state index contributed by atoms with van der Waals surface area (Å²) in [7, 11) is 0. The van der Waals surface area contributed by atoms with Crippen molar-refractivity contribution < 1.29 is 14.7 Å². The molecule has 21 heavy (non-hydrogen) atoms. The fourth-order valence-electron chi connectivity index (χ4n) is 1.66.